The lowest BCUT2D eigenvalue weighted by atomic mass is 10.1. The van der Waals surface area contributed by atoms with E-state index in [1.54, 1.807) is 4.90 Å². The molecule has 2 saturated heterocycles. The van der Waals surface area contributed by atoms with Gasteiger partial charge >= 0.3 is 0 Å². The molecule has 2 aliphatic rings. The zero-order valence-corrected chi connectivity index (χ0v) is 21.5. The van der Waals surface area contributed by atoms with Gasteiger partial charge in [-0.15, -0.1) is 0 Å². The first-order valence-electron chi connectivity index (χ1n) is 13.6. The first kappa shape index (κ1) is 24.2. The van der Waals surface area contributed by atoms with Crippen molar-refractivity contribution >= 4 is 34.2 Å². The predicted molar refractivity (Wildman–Crippen MR) is 151 cm³/mol. The van der Waals surface area contributed by atoms with Gasteiger partial charge in [-0.05, 0) is 80.1 Å². The highest BCUT2D eigenvalue weighted by Crippen LogP contribution is 2.28. The van der Waals surface area contributed by atoms with E-state index in [-0.39, 0.29) is 11.8 Å². The average Bonchev–Trinajstić information content (AvgIpc) is 3.73. The van der Waals surface area contributed by atoms with Gasteiger partial charge in [-0.2, -0.15) is 0 Å². The van der Waals surface area contributed by atoms with Gasteiger partial charge in [0.05, 0.1) is 11.0 Å². The molecule has 2 aliphatic heterocycles. The van der Waals surface area contributed by atoms with Crippen LogP contribution in [0.4, 0.5) is 11.4 Å². The largest absolute Gasteiger partial charge is 0.371 e. The highest BCUT2D eigenvalue weighted by atomic mass is 16.2. The molecule has 0 bridgehead atoms. The maximum Gasteiger partial charge on any atom is 0.247 e. The molecule has 4 aromatic rings. The number of carbonyl (C=O) groups excluding carboxylic acids is 2. The summed E-state index contributed by atoms with van der Waals surface area (Å²) in [6.07, 6.45) is 5.14. The summed E-state index contributed by atoms with van der Waals surface area (Å²) in [4.78, 5) is 38.4. The SMILES string of the molecule is O=C(Nc1ccc(-c2nc3cc(N4CCCC4)ccc3[nH]2)cc1)[C@@H]1CCCN1C(=O)CCc1ccccc1. The molecule has 2 fully saturated rings. The highest BCUT2D eigenvalue weighted by Gasteiger charge is 2.33. The minimum atomic E-state index is -0.418. The van der Waals surface area contributed by atoms with E-state index in [1.165, 1.54) is 18.5 Å². The van der Waals surface area contributed by atoms with Gasteiger partial charge in [0.15, 0.2) is 0 Å². The van der Waals surface area contributed by atoms with Crippen molar-refractivity contribution in [3.8, 4) is 11.4 Å². The van der Waals surface area contributed by atoms with Crippen LogP contribution >= 0.6 is 0 Å². The molecular weight excluding hydrogens is 474 g/mol. The van der Waals surface area contributed by atoms with Crippen molar-refractivity contribution in [1.82, 2.24) is 14.9 Å². The van der Waals surface area contributed by atoms with Gasteiger partial charge in [0.1, 0.15) is 11.9 Å². The van der Waals surface area contributed by atoms with Crippen molar-refractivity contribution in [3.05, 3.63) is 78.4 Å². The van der Waals surface area contributed by atoms with E-state index in [4.69, 9.17) is 4.98 Å². The number of aromatic amines is 1. The molecule has 6 rings (SSSR count). The third-order valence-electron chi connectivity index (χ3n) is 7.71. The molecule has 1 atom stereocenters. The summed E-state index contributed by atoms with van der Waals surface area (Å²) in [6, 6.07) is 23.7. The third-order valence-corrected chi connectivity index (χ3v) is 7.71. The number of amides is 2. The van der Waals surface area contributed by atoms with E-state index in [2.05, 4.69) is 33.4 Å². The first-order valence-corrected chi connectivity index (χ1v) is 13.6. The number of rotatable bonds is 7. The Labute approximate surface area is 222 Å². The summed E-state index contributed by atoms with van der Waals surface area (Å²) < 4.78 is 0. The van der Waals surface area contributed by atoms with Gasteiger partial charge in [-0.25, -0.2) is 4.98 Å². The van der Waals surface area contributed by atoms with Crippen LogP contribution < -0.4 is 10.2 Å². The summed E-state index contributed by atoms with van der Waals surface area (Å²) >= 11 is 0. The number of nitrogens with one attached hydrogen (secondary N) is 2. The van der Waals surface area contributed by atoms with Crippen molar-refractivity contribution in [3.63, 3.8) is 0 Å². The topological polar surface area (TPSA) is 81.3 Å². The van der Waals surface area contributed by atoms with Gasteiger partial charge in [0.2, 0.25) is 11.8 Å². The fourth-order valence-corrected chi connectivity index (χ4v) is 5.62. The van der Waals surface area contributed by atoms with Crippen molar-refractivity contribution in [2.45, 2.75) is 44.6 Å². The van der Waals surface area contributed by atoms with Gasteiger partial charge in [0, 0.05) is 43.0 Å². The Balaban J connectivity index is 1.09. The van der Waals surface area contributed by atoms with Crippen LogP contribution in [0.1, 0.15) is 37.7 Å². The Morgan fingerprint density at radius 1 is 0.921 bits per heavy atom. The number of H-pyrrole nitrogens is 1. The summed E-state index contributed by atoms with van der Waals surface area (Å²) in [5, 5.41) is 3.02. The van der Waals surface area contributed by atoms with Gasteiger partial charge in [-0.1, -0.05) is 30.3 Å². The van der Waals surface area contributed by atoms with E-state index in [0.29, 0.717) is 25.8 Å². The molecule has 0 spiro atoms. The number of aryl methyl sites for hydroxylation is 1. The predicted octanol–water partition coefficient (Wildman–Crippen LogP) is 5.39. The second-order valence-corrected chi connectivity index (χ2v) is 10.3. The smallest absolute Gasteiger partial charge is 0.247 e. The Kier molecular flexibility index (Phi) is 6.82. The molecule has 0 saturated carbocycles. The minimum Gasteiger partial charge on any atom is -0.371 e. The fourth-order valence-electron chi connectivity index (χ4n) is 5.62. The molecule has 1 aromatic heterocycles. The number of aromatic nitrogens is 2. The van der Waals surface area contributed by atoms with E-state index in [1.807, 2.05) is 54.6 Å². The number of hydrogen-bond donors (Lipinski definition) is 2. The van der Waals surface area contributed by atoms with Crippen LogP contribution in [0.5, 0.6) is 0 Å². The summed E-state index contributed by atoms with van der Waals surface area (Å²) in [6.45, 7) is 2.85. The zero-order chi connectivity index (χ0) is 25.9. The number of hydrogen-bond acceptors (Lipinski definition) is 4. The van der Waals surface area contributed by atoms with Crippen LogP contribution in [0, 0.1) is 0 Å². The minimum absolute atomic E-state index is 0.0413. The zero-order valence-electron chi connectivity index (χ0n) is 21.5. The van der Waals surface area contributed by atoms with Gasteiger partial charge in [-0.3, -0.25) is 9.59 Å². The molecule has 194 valence electrons. The lowest BCUT2D eigenvalue weighted by molar-refractivity contribution is -0.136. The second kappa shape index (κ2) is 10.7. The number of likely N-dealkylation sites (tertiary alicyclic amines) is 1. The van der Waals surface area contributed by atoms with Crippen LogP contribution in [-0.2, 0) is 16.0 Å². The van der Waals surface area contributed by atoms with E-state index >= 15 is 0 Å². The normalized spacial score (nSPS) is 17.3. The molecule has 3 aromatic carbocycles. The Morgan fingerprint density at radius 2 is 1.71 bits per heavy atom. The maximum absolute atomic E-state index is 13.1. The molecule has 7 nitrogen and oxygen atoms in total. The van der Waals surface area contributed by atoms with E-state index in [9.17, 15) is 9.59 Å². The molecule has 0 radical (unpaired) electrons. The van der Waals surface area contributed by atoms with Crippen molar-refractivity contribution < 1.29 is 9.59 Å². The number of imidazole rings is 1. The standard InChI is InChI=1S/C31H33N5O2/c37-29(17-10-22-7-2-1-3-8-22)36-20-6-9-28(36)31(38)32-24-13-11-23(12-14-24)30-33-26-16-15-25(21-27(26)34-30)35-18-4-5-19-35/h1-3,7-8,11-16,21,28H,4-6,9-10,17-20H2,(H,32,38)(H,33,34)/t28-/m0/s1. The summed E-state index contributed by atoms with van der Waals surface area (Å²) in [7, 11) is 0. The molecule has 2 N–H and O–H groups in total. The van der Waals surface area contributed by atoms with Crippen LogP contribution in [0.15, 0.2) is 72.8 Å². The van der Waals surface area contributed by atoms with E-state index in [0.717, 1.165) is 53.2 Å². The molecule has 0 unspecified atom stereocenters. The van der Waals surface area contributed by atoms with Crippen LogP contribution in [0.2, 0.25) is 0 Å². The van der Waals surface area contributed by atoms with Crippen molar-refractivity contribution in [2.75, 3.05) is 29.9 Å². The Hall–Kier alpha value is -4.13. The maximum atomic E-state index is 13.1. The summed E-state index contributed by atoms with van der Waals surface area (Å²) in [5.74, 6) is 0.726. The lowest BCUT2D eigenvalue weighted by Crippen LogP contribution is -2.43. The summed E-state index contributed by atoms with van der Waals surface area (Å²) in [5.41, 5.74) is 6.01. The van der Waals surface area contributed by atoms with Gasteiger partial charge < -0.3 is 20.1 Å². The first-order chi connectivity index (χ1) is 18.6. The van der Waals surface area contributed by atoms with E-state index < -0.39 is 6.04 Å². The number of fused-ring (bicyclic) bond motifs is 1. The number of benzene rings is 3. The fraction of sp³-hybridized carbons (Fsp3) is 0.323. The monoisotopic (exact) mass is 507 g/mol. The van der Waals surface area contributed by atoms with Gasteiger partial charge in [0.25, 0.3) is 0 Å². The number of anilines is 2. The molecule has 0 aliphatic carbocycles. The average molecular weight is 508 g/mol. The molecule has 38 heavy (non-hydrogen) atoms. The third kappa shape index (κ3) is 5.14. The quantitative estimate of drug-likeness (QED) is 0.351. The van der Waals surface area contributed by atoms with Crippen LogP contribution in [0.25, 0.3) is 22.4 Å². The second-order valence-electron chi connectivity index (χ2n) is 10.3. The molecule has 7 heteroatoms. The molecular formula is C31H33N5O2. The molecule has 2 amide bonds. The number of nitrogens with zero attached hydrogens (tertiary/aromatic N) is 3. The lowest BCUT2D eigenvalue weighted by Gasteiger charge is -2.24. The molecule has 3 heterocycles. The Bertz CT molecular complexity index is 1420. The van der Waals surface area contributed by atoms with Crippen molar-refractivity contribution in [2.24, 2.45) is 0 Å². The highest BCUT2D eigenvalue weighted by molar-refractivity contribution is 5.97. The van der Waals surface area contributed by atoms with Crippen LogP contribution in [-0.4, -0.2) is 52.4 Å². The Morgan fingerprint density at radius 3 is 2.50 bits per heavy atom. The van der Waals surface area contributed by atoms with Crippen molar-refractivity contribution in [1.29, 1.82) is 0 Å². The van der Waals surface area contributed by atoms with Crippen LogP contribution in [0.3, 0.4) is 0 Å². The number of carbonyl (C=O) groups is 2.